The largest absolute Gasteiger partial charge is 0.316 e. The van der Waals surface area contributed by atoms with Crippen molar-refractivity contribution in [3.05, 3.63) is 125 Å². The minimum atomic E-state index is 1.01. The quantitative estimate of drug-likeness (QED) is 0.188. The third kappa shape index (κ3) is 4.26. The highest BCUT2D eigenvalue weighted by Crippen LogP contribution is 2.50. The fourth-order valence-electron chi connectivity index (χ4n) is 7.02. The summed E-state index contributed by atoms with van der Waals surface area (Å²) < 4.78 is 9.67. The van der Waals surface area contributed by atoms with Crippen molar-refractivity contribution in [2.75, 3.05) is 0 Å². The van der Waals surface area contributed by atoms with E-state index in [4.69, 9.17) is 9.97 Å². The van der Waals surface area contributed by atoms with Gasteiger partial charge in [0.2, 0.25) is 0 Å². The van der Waals surface area contributed by atoms with Crippen LogP contribution in [0.1, 0.15) is 39.7 Å². The Labute approximate surface area is 277 Å². The van der Waals surface area contributed by atoms with E-state index in [0.29, 0.717) is 0 Å². The first-order valence-corrected chi connectivity index (χ1v) is 17.2. The van der Waals surface area contributed by atoms with E-state index >= 15 is 0 Å². The van der Waals surface area contributed by atoms with Crippen LogP contribution in [0.25, 0.3) is 58.6 Å². The lowest BCUT2D eigenvalue weighted by Gasteiger charge is -2.29. The molecule has 8 rings (SSSR count). The Morgan fingerprint density at radius 2 is 0.739 bits per heavy atom. The summed E-state index contributed by atoms with van der Waals surface area (Å²) >= 11 is 3.53. The smallest absolute Gasteiger partial charge is 0.127 e. The Kier molecular flexibility index (Phi) is 6.67. The summed E-state index contributed by atoms with van der Waals surface area (Å²) in [6.07, 6.45) is 0. The van der Waals surface area contributed by atoms with E-state index in [2.05, 4.69) is 147 Å². The Morgan fingerprint density at radius 3 is 1.09 bits per heavy atom. The van der Waals surface area contributed by atoms with E-state index in [9.17, 15) is 0 Å². The summed E-state index contributed by atoms with van der Waals surface area (Å²) in [4.78, 5) is 10.6. The van der Waals surface area contributed by atoms with Gasteiger partial charge in [-0.3, -0.25) is 0 Å². The fourth-order valence-corrected chi connectivity index (χ4v) is 9.16. The molecule has 0 fully saturated rings. The summed E-state index contributed by atoms with van der Waals surface area (Å²) in [6.45, 7) is 15.5. The predicted octanol–water partition coefficient (Wildman–Crippen LogP) is 10.8. The van der Waals surface area contributed by atoms with E-state index in [0.717, 1.165) is 49.2 Å². The maximum atomic E-state index is 5.32. The lowest BCUT2D eigenvalue weighted by atomic mass is 9.95. The molecule has 8 aromatic rings. The van der Waals surface area contributed by atoms with Crippen molar-refractivity contribution in [3.63, 3.8) is 0 Å². The number of hydrogen-bond donors (Lipinski definition) is 0. The number of fused-ring (bicyclic) bond motifs is 2. The van der Waals surface area contributed by atoms with E-state index < -0.39 is 0 Å². The molecule has 0 spiro atoms. The molecule has 0 aliphatic rings. The van der Waals surface area contributed by atoms with Gasteiger partial charge in [0.25, 0.3) is 0 Å². The van der Waals surface area contributed by atoms with Crippen molar-refractivity contribution in [2.24, 2.45) is 0 Å². The number of para-hydroxylation sites is 2. The fraction of sp³-hybridized carbons (Fsp3) is 0.179. The Morgan fingerprint density at radius 1 is 0.413 bits per heavy atom. The van der Waals surface area contributed by atoms with Gasteiger partial charge in [0.05, 0.1) is 37.5 Å². The van der Waals surface area contributed by atoms with Gasteiger partial charge >= 0.3 is 0 Å². The van der Waals surface area contributed by atoms with Crippen molar-refractivity contribution in [3.8, 4) is 38.2 Å². The number of rotatable bonds is 5. The summed E-state index contributed by atoms with van der Waals surface area (Å²) in [5, 5.41) is 2.03. The molecule has 0 atom stereocenters. The van der Waals surface area contributed by atoms with Gasteiger partial charge < -0.3 is 13.7 Å². The third-order valence-electron chi connectivity index (χ3n) is 9.17. The average molecular weight is 638 g/mol. The highest BCUT2D eigenvalue weighted by atomic mass is 32.1. The molecule has 46 heavy (non-hydrogen) atoms. The molecular weight excluding hydrogens is 603 g/mol. The Balaban J connectivity index is 1.68. The van der Waals surface area contributed by atoms with E-state index in [1.54, 1.807) is 22.7 Å². The lowest BCUT2D eigenvalue weighted by molar-refractivity contribution is 0.874. The van der Waals surface area contributed by atoms with E-state index in [1.807, 2.05) is 0 Å². The standard InChI is InChI=1S/C39H35N5S2/c1-22-16-17-23(2)42(22)35-33(38-40-29-12-8-10-14-31(29)45-38)28(7)34(39-41-30-13-9-11-15-32(30)46-39)36(43-24(3)18-19-25(43)4)37(35)44-26(5)20-21-27(44)6/h8-21H,1-7H3. The number of thiazole rings is 2. The molecule has 5 nitrogen and oxygen atoms in total. The van der Waals surface area contributed by atoms with Gasteiger partial charge in [0, 0.05) is 45.3 Å². The van der Waals surface area contributed by atoms with Gasteiger partial charge in [0.1, 0.15) is 10.0 Å². The van der Waals surface area contributed by atoms with Gasteiger partial charge in [-0.15, -0.1) is 22.7 Å². The van der Waals surface area contributed by atoms with E-state index in [-0.39, 0.29) is 0 Å². The Hall–Kier alpha value is -4.72. The van der Waals surface area contributed by atoms with Crippen LogP contribution in [0, 0.1) is 48.5 Å². The third-order valence-corrected chi connectivity index (χ3v) is 11.3. The molecule has 0 aliphatic carbocycles. The second-order valence-corrected chi connectivity index (χ2v) is 14.3. The highest BCUT2D eigenvalue weighted by Gasteiger charge is 2.32. The zero-order chi connectivity index (χ0) is 31.9. The maximum Gasteiger partial charge on any atom is 0.127 e. The predicted molar refractivity (Wildman–Crippen MR) is 195 cm³/mol. The molecule has 0 amide bonds. The van der Waals surface area contributed by atoms with Crippen molar-refractivity contribution in [1.82, 2.24) is 23.7 Å². The number of benzene rings is 3. The molecule has 228 valence electrons. The van der Waals surface area contributed by atoms with Crippen molar-refractivity contribution in [1.29, 1.82) is 0 Å². The normalized spacial score (nSPS) is 11.8. The molecule has 0 saturated carbocycles. The molecule has 7 heteroatoms. The zero-order valence-electron chi connectivity index (χ0n) is 27.1. The molecule has 0 saturated heterocycles. The molecule has 0 N–H and O–H groups in total. The molecule has 3 aromatic carbocycles. The first-order valence-electron chi connectivity index (χ1n) is 15.6. The highest BCUT2D eigenvalue weighted by molar-refractivity contribution is 7.22. The number of aryl methyl sites for hydroxylation is 6. The van der Waals surface area contributed by atoms with Crippen LogP contribution in [0.3, 0.4) is 0 Å². The SMILES string of the molecule is Cc1c(-c2nc3ccccc3s2)c(-n2c(C)ccc2C)c(-n2c(C)ccc2C)c(-n2c(C)ccc2C)c1-c1nc2ccccc2s1. The van der Waals surface area contributed by atoms with Gasteiger partial charge in [-0.25, -0.2) is 9.97 Å². The maximum absolute atomic E-state index is 5.32. The van der Waals surface area contributed by atoms with Crippen LogP contribution in [0.5, 0.6) is 0 Å². The van der Waals surface area contributed by atoms with Crippen molar-refractivity contribution in [2.45, 2.75) is 48.5 Å². The minimum Gasteiger partial charge on any atom is -0.316 e. The van der Waals surface area contributed by atoms with Crippen LogP contribution in [-0.4, -0.2) is 23.7 Å². The average Bonchev–Trinajstić information content (AvgIpc) is 3.85. The van der Waals surface area contributed by atoms with Crippen LogP contribution < -0.4 is 0 Å². The van der Waals surface area contributed by atoms with Gasteiger partial charge in [-0.1, -0.05) is 24.3 Å². The monoisotopic (exact) mass is 637 g/mol. The first-order chi connectivity index (χ1) is 22.2. The van der Waals surface area contributed by atoms with Gasteiger partial charge in [-0.05, 0) is 115 Å². The number of aromatic nitrogens is 5. The van der Waals surface area contributed by atoms with Crippen LogP contribution >= 0.6 is 22.7 Å². The molecule has 5 aromatic heterocycles. The number of nitrogens with zero attached hydrogens (tertiary/aromatic N) is 5. The topological polar surface area (TPSA) is 40.6 Å². The molecular formula is C39H35N5S2. The van der Waals surface area contributed by atoms with Crippen LogP contribution in [0.2, 0.25) is 0 Å². The summed E-state index contributed by atoms with van der Waals surface area (Å²) in [5.74, 6) is 0. The van der Waals surface area contributed by atoms with Crippen molar-refractivity contribution < 1.29 is 0 Å². The summed E-state index contributed by atoms with van der Waals surface area (Å²) in [6, 6.07) is 30.3. The minimum absolute atomic E-state index is 1.01. The second-order valence-electron chi connectivity index (χ2n) is 12.2. The zero-order valence-corrected chi connectivity index (χ0v) is 28.8. The van der Waals surface area contributed by atoms with Crippen molar-refractivity contribution >= 4 is 43.1 Å². The molecule has 5 heterocycles. The summed E-state index contributed by atoms with van der Waals surface area (Å²) in [5.41, 5.74) is 16.0. The number of hydrogen-bond acceptors (Lipinski definition) is 4. The molecule has 0 radical (unpaired) electrons. The van der Waals surface area contributed by atoms with E-state index in [1.165, 1.54) is 49.1 Å². The van der Waals surface area contributed by atoms with Crippen LogP contribution in [0.4, 0.5) is 0 Å². The van der Waals surface area contributed by atoms with Gasteiger partial charge in [-0.2, -0.15) is 0 Å². The molecule has 0 aliphatic heterocycles. The first kappa shape index (κ1) is 28.7. The Bertz CT molecular complexity index is 2190. The van der Waals surface area contributed by atoms with Crippen LogP contribution in [0.15, 0.2) is 84.9 Å². The summed E-state index contributed by atoms with van der Waals surface area (Å²) in [7, 11) is 0. The van der Waals surface area contributed by atoms with Gasteiger partial charge in [0.15, 0.2) is 0 Å². The van der Waals surface area contributed by atoms with Crippen LogP contribution in [-0.2, 0) is 0 Å². The molecule has 0 bridgehead atoms. The lowest BCUT2D eigenvalue weighted by Crippen LogP contribution is -2.17. The molecule has 0 unspecified atom stereocenters. The second kappa shape index (κ2) is 10.7.